The first-order valence-electron chi connectivity index (χ1n) is 13.6. The van der Waals surface area contributed by atoms with Crippen LogP contribution in [0.3, 0.4) is 0 Å². The highest BCUT2D eigenvalue weighted by atomic mass is 16.6. The molecule has 1 heterocycles. The largest absolute Gasteiger partial charge is 0.462 e. The Morgan fingerprint density at radius 2 is 1.88 bits per heavy atom. The fourth-order valence-electron chi connectivity index (χ4n) is 9.19. The fourth-order valence-corrected chi connectivity index (χ4v) is 9.19. The third kappa shape index (κ3) is 3.74. The van der Waals surface area contributed by atoms with E-state index >= 15 is 0 Å². The van der Waals surface area contributed by atoms with Gasteiger partial charge in [0.1, 0.15) is 6.10 Å². The lowest BCUT2D eigenvalue weighted by molar-refractivity contribution is -0.181. The zero-order chi connectivity index (χ0) is 23.8. The van der Waals surface area contributed by atoms with Gasteiger partial charge >= 0.3 is 5.97 Å². The van der Waals surface area contributed by atoms with Gasteiger partial charge in [0.15, 0.2) is 5.78 Å². The second-order valence-corrected chi connectivity index (χ2v) is 13.1. The van der Waals surface area contributed by atoms with Crippen molar-refractivity contribution >= 4 is 11.8 Å². The highest BCUT2D eigenvalue weighted by molar-refractivity contribution is 5.91. The standard InChI is InChI=1S/C29H44O4/c1-17(7-12-25-27(3,4)33-25)22-10-11-23-21-9-8-19-15-20(31)13-14-28(19,5)24(21)16-26(29(22,23)6)32-18(2)30/h15,17,21-26H,7-14,16H2,1-6H3/t17?,21-,22?,23?,24?,25?,26+,28-,29+/m0/s1. The van der Waals surface area contributed by atoms with Gasteiger partial charge in [0.25, 0.3) is 0 Å². The van der Waals surface area contributed by atoms with Crippen molar-refractivity contribution in [3.05, 3.63) is 11.6 Å². The highest BCUT2D eigenvalue weighted by Crippen LogP contribution is 2.68. The van der Waals surface area contributed by atoms with Crippen molar-refractivity contribution in [1.82, 2.24) is 0 Å². The first-order valence-corrected chi connectivity index (χ1v) is 13.6. The van der Waals surface area contributed by atoms with Crippen LogP contribution in [0.5, 0.6) is 0 Å². The van der Waals surface area contributed by atoms with Crippen LogP contribution in [-0.2, 0) is 19.1 Å². The van der Waals surface area contributed by atoms with E-state index in [9.17, 15) is 9.59 Å². The van der Waals surface area contributed by atoms with Crippen LogP contribution in [0, 0.1) is 40.4 Å². The molecule has 0 aromatic heterocycles. The summed E-state index contributed by atoms with van der Waals surface area (Å²) in [7, 11) is 0. The summed E-state index contributed by atoms with van der Waals surface area (Å²) in [4.78, 5) is 24.5. The molecule has 4 fully saturated rings. The molecule has 5 aliphatic rings. The van der Waals surface area contributed by atoms with E-state index in [0.29, 0.717) is 47.9 Å². The van der Waals surface area contributed by atoms with E-state index in [4.69, 9.17) is 9.47 Å². The van der Waals surface area contributed by atoms with E-state index < -0.39 is 0 Å². The predicted molar refractivity (Wildman–Crippen MR) is 128 cm³/mol. The SMILES string of the molecule is CC(=O)O[C@@H]1CC2[C@@H](CCC3=CC(=O)CC[C@@]32C)C2CCC(C(C)CCC3OC3(C)C)[C@]21C. The molecule has 0 bridgehead atoms. The third-order valence-corrected chi connectivity index (χ3v) is 11.2. The normalized spacial score (nSPS) is 46.5. The lowest BCUT2D eigenvalue weighted by Gasteiger charge is -2.60. The van der Waals surface area contributed by atoms with Crippen molar-refractivity contribution < 1.29 is 19.1 Å². The molecule has 0 aromatic rings. The lowest BCUT2D eigenvalue weighted by atomic mass is 9.45. The quantitative estimate of drug-likeness (QED) is 0.361. The maximum atomic E-state index is 12.3. The predicted octanol–water partition coefficient (Wildman–Crippen LogP) is 6.27. The first kappa shape index (κ1) is 23.6. The summed E-state index contributed by atoms with van der Waals surface area (Å²) < 4.78 is 12.1. The van der Waals surface area contributed by atoms with E-state index in [-0.39, 0.29) is 28.5 Å². The van der Waals surface area contributed by atoms with Crippen molar-refractivity contribution in [1.29, 1.82) is 0 Å². The Morgan fingerprint density at radius 1 is 1.15 bits per heavy atom. The van der Waals surface area contributed by atoms with E-state index in [1.54, 1.807) is 6.92 Å². The summed E-state index contributed by atoms with van der Waals surface area (Å²) in [5.41, 5.74) is 1.58. The van der Waals surface area contributed by atoms with Crippen LogP contribution in [0.25, 0.3) is 0 Å². The van der Waals surface area contributed by atoms with Crippen molar-refractivity contribution in [2.75, 3.05) is 0 Å². The van der Waals surface area contributed by atoms with Gasteiger partial charge in [0.2, 0.25) is 0 Å². The summed E-state index contributed by atoms with van der Waals surface area (Å²) >= 11 is 0. The molecule has 0 N–H and O–H groups in total. The second kappa shape index (κ2) is 7.93. The fraction of sp³-hybridized carbons (Fsp3) is 0.862. The zero-order valence-corrected chi connectivity index (χ0v) is 21.6. The molecule has 1 aliphatic heterocycles. The van der Waals surface area contributed by atoms with Gasteiger partial charge in [-0.3, -0.25) is 9.59 Å². The molecule has 4 heteroatoms. The van der Waals surface area contributed by atoms with Gasteiger partial charge in [0, 0.05) is 18.8 Å². The Kier molecular flexibility index (Phi) is 5.67. The number of carbonyl (C=O) groups is 2. The van der Waals surface area contributed by atoms with Gasteiger partial charge in [-0.05, 0) is 106 Å². The number of ketones is 1. The summed E-state index contributed by atoms with van der Waals surface area (Å²) in [6.45, 7) is 13.3. The molecule has 184 valence electrons. The molecule has 5 unspecified atom stereocenters. The summed E-state index contributed by atoms with van der Waals surface area (Å²) in [6.07, 6.45) is 12.0. The molecule has 0 aromatic carbocycles. The number of ether oxygens (including phenoxy) is 2. The van der Waals surface area contributed by atoms with Crippen LogP contribution in [0.2, 0.25) is 0 Å². The number of epoxide rings is 1. The second-order valence-electron chi connectivity index (χ2n) is 13.1. The van der Waals surface area contributed by atoms with Crippen LogP contribution in [0.4, 0.5) is 0 Å². The summed E-state index contributed by atoms with van der Waals surface area (Å²) in [6, 6.07) is 0. The van der Waals surface area contributed by atoms with E-state index in [1.807, 2.05) is 6.08 Å². The Morgan fingerprint density at radius 3 is 2.55 bits per heavy atom. The van der Waals surface area contributed by atoms with Gasteiger partial charge in [-0.2, -0.15) is 0 Å². The van der Waals surface area contributed by atoms with E-state index in [0.717, 1.165) is 25.7 Å². The van der Waals surface area contributed by atoms with Crippen LogP contribution < -0.4 is 0 Å². The van der Waals surface area contributed by atoms with Crippen molar-refractivity contribution in [3.8, 4) is 0 Å². The molecule has 0 spiro atoms. The van der Waals surface area contributed by atoms with Crippen molar-refractivity contribution in [3.63, 3.8) is 0 Å². The molecule has 9 atom stereocenters. The van der Waals surface area contributed by atoms with Crippen LogP contribution >= 0.6 is 0 Å². The van der Waals surface area contributed by atoms with Gasteiger partial charge in [0.05, 0.1) is 11.7 Å². The highest BCUT2D eigenvalue weighted by Gasteiger charge is 2.64. The topological polar surface area (TPSA) is 55.9 Å². The Labute approximate surface area is 200 Å². The molecule has 1 saturated heterocycles. The van der Waals surface area contributed by atoms with Crippen LogP contribution in [-0.4, -0.2) is 29.6 Å². The molecule has 3 saturated carbocycles. The molecule has 5 rings (SSSR count). The van der Waals surface area contributed by atoms with Gasteiger partial charge < -0.3 is 9.47 Å². The monoisotopic (exact) mass is 456 g/mol. The molecule has 4 nitrogen and oxygen atoms in total. The molecule has 33 heavy (non-hydrogen) atoms. The van der Waals surface area contributed by atoms with E-state index in [2.05, 4.69) is 34.6 Å². The maximum Gasteiger partial charge on any atom is 0.302 e. The number of allylic oxidation sites excluding steroid dienone is 1. The van der Waals surface area contributed by atoms with Crippen molar-refractivity contribution in [2.24, 2.45) is 40.4 Å². The van der Waals surface area contributed by atoms with Gasteiger partial charge in [-0.25, -0.2) is 0 Å². The molecule has 4 aliphatic carbocycles. The number of esters is 1. The number of hydrogen-bond donors (Lipinski definition) is 0. The minimum atomic E-state index is -0.139. The van der Waals surface area contributed by atoms with Gasteiger partial charge in [-0.1, -0.05) is 26.3 Å². The first-order chi connectivity index (χ1) is 15.5. The molecule has 0 amide bonds. The van der Waals surface area contributed by atoms with Crippen molar-refractivity contribution in [2.45, 2.75) is 117 Å². The van der Waals surface area contributed by atoms with E-state index in [1.165, 1.54) is 31.3 Å². The Balaban J connectivity index is 1.42. The Hall–Kier alpha value is -1.16. The minimum Gasteiger partial charge on any atom is -0.462 e. The molecular weight excluding hydrogens is 412 g/mol. The number of fused-ring (bicyclic) bond motifs is 5. The average Bonchev–Trinajstić information content (AvgIpc) is 3.18. The Bertz CT molecular complexity index is 858. The zero-order valence-electron chi connectivity index (χ0n) is 21.6. The molecular formula is C29H44O4. The third-order valence-electron chi connectivity index (χ3n) is 11.2. The summed E-state index contributed by atoms with van der Waals surface area (Å²) in [5.74, 6) is 3.17. The maximum absolute atomic E-state index is 12.3. The minimum absolute atomic E-state index is 0.0152. The molecule has 0 radical (unpaired) electrons. The number of hydrogen-bond acceptors (Lipinski definition) is 4. The number of rotatable bonds is 5. The average molecular weight is 457 g/mol. The lowest BCUT2D eigenvalue weighted by Crippen LogP contribution is -2.57. The number of carbonyl (C=O) groups excluding carboxylic acids is 2. The van der Waals surface area contributed by atoms with Gasteiger partial charge in [-0.15, -0.1) is 0 Å². The van der Waals surface area contributed by atoms with Crippen LogP contribution in [0.1, 0.15) is 99.3 Å². The summed E-state index contributed by atoms with van der Waals surface area (Å²) in [5, 5.41) is 0. The van der Waals surface area contributed by atoms with Crippen LogP contribution in [0.15, 0.2) is 11.6 Å². The smallest absolute Gasteiger partial charge is 0.302 e.